The fourth-order valence-electron chi connectivity index (χ4n) is 1.73. The topological polar surface area (TPSA) is 68.5 Å². The summed E-state index contributed by atoms with van der Waals surface area (Å²) < 4.78 is 22.6. The number of carbonyl (C=O) groups excluding carboxylic acids is 1. The molecule has 0 saturated carbocycles. The van der Waals surface area contributed by atoms with Gasteiger partial charge in [-0.2, -0.15) is 0 Å². The Morgan fingerprint density at radius 3 is 2.95 bits per heavy atom. The van der Waals surface area contributed by atoms with E-state index in [9.17, 15) is 14.0 Å². The van der Waals surface area contributed by atoms with Crippen molar-refractivity contribution in [2.75, 3.05) is 13.7 Å². The van der Waals surface area contributed by atoms with Gasteiger partial charge in [0.15, 0.2) is 0 Å². The van der Waals surface area contributed by atoms with Gasteiger partial charge in [-0.3, -0.25) is 4.79 Å². The first kappa shape index (κ1) is 13.2. The van der Waals surface area contributed by atoms with Crippen molar-refractivity contribution in [3.63, 3.8) is 0 Å². The lowest BCUT2D eigenvalue weighted by atomic mass is 10.1. The summed E-state index contributed by atoms with van der Waals surface area (Å²) in [6.07, 6.45) is 0. The lowest BCUT2D eigenvalue weighted by molar-refractivity contribution is -0.124. The van der Waals surface area contributed by atoms with E-state index in [2.05, 4.69) is 10.1 Å². The summed E-state index contributed by atoms with van der Waals surface area (Å²) in [5, 5.41) is 3.18. The van der Waals surface area contributed by atoms with E-state index >= 15 is 0 Å². The lowest BCUT2D eigenvalue weighted by Crippen LogP contribution is -2.27. The highest BCUT2D eigenvalue weighted by Gasteiger charge is 2.08. The van der Waals surface area contributed by atoms with E-state index in [1.165, 1.54) is 25.3 Å². The molecule has 1 heterocycles. The van der Waals surface area contributed by atoms with Crippen LogP contribution in [0.25, 0.3) is 11.0 Å². The zero-order valence-electron chi connectivity index (χ0n) is 10.2. The Bertz CT molecular complexity index is 665. The highest BCUT2D eigenvalue weighted by atomic mass is 19.1. The van der Waals surface area contributed by atoms with E-state index in [0.717, 1.165) is 6.07 Å². The number of benzene rings is 1. The number of carbonyl (C=O) groups is 1. The molecule has 2 rings (SSSR count). The summed E-state index contributed by atoms with van der Waals surface area (Å²) in [6.45, 7) is 0.0872. The number of ether oxygens (including phenoxy) is 1. The fraction of sp³-hybridized carbons (Fsp3) is 0.231. The Hall–Kier alpha value is -2.21. The molecule has 0 aliphatic carbocycles. The predicted octanol–water partition coefficient (Wildman–Crippen LogP) is 1.19. The van der Waals surface area contributed by atoms with Gasteiger partial charge in [-0.15, -0.1) is 0 Å². The van der Waals surface area contributed by atoms with Gasteiger partial charge in [0.1, 0.15) is 18.0 Å². The maximum atomic E-state index is 13.1. The lowest BCUT2D eigenvalue weighted by Gasteiger charge is -2.07. The molecule has 0 bridgehead atoms. The average Bonchev–Trinajstić information content (AvgIpc) is 2.35. The minimum atomic E-state index is -0.589. The minimum absolute atomic E-state index is 0.0615. The number of amides is 1. The number of halogens is 1. The van der Waals surface area contributed by atoms with Gasteiger partial charge in [-0.1, -0.05) is 0 Å². The number of methoxy groups -OCH3 is 1. The Kier molecular flexibility index (Phi) is 3.91. The van der Waals surface area contributed by atoms with Crippen LogP contribution in [0.5, 0.6) is 0 Å². The molecule has 0 fully saturated rings. The van der Waals surface area contributed by atoms with Crippen molar-refractivity contribution in [2.45, 2.75) is 6.54 Å². The third-order valence-electron chi connectivity index (χ3n) is 2.54. The van der Waals surface area contributed by atoms with Crippen molar-refractivity contribution in [1.29, 1.82) is 0 Å². The van der Waals surface area contributed by atoms with Gasteiger partial charge >= 0.3 is 5.63 Å². The zero-order valence-corrected chi connectivity index (χ0v) is 10.2. The number of hydrogen-bond acceptors (Lipinski definition) is 4. The van der Waals surface area contributed by atoms with Gasteiger partial charge in [-0.05, 0) is 17.7 Å². The van der Waals surface area contributed by atoms with Crippen molar-refractivity contribution in [3.8, 4) is 0 Å². The highest BCUT2D eigenvalue weighted by Crippen LogP contribution is 2.17. The molecule has 6 heteroatoms. The van der Waals surface area contributed by atoms with Gasteiger partial charge in [0.05, 0.1) is 0 Å². The van der Waals surface area contributed by atoms with Crippen LogP contribution in [0.2, 0.25) is 0 Å². The second kappa shape index (κ2) is 5.62. The Morgan fingerprint density at radius 2 is 2.21 bits per heavy atom. The maximum absolute atomic E-state index is 13.1. The fourth-order valence-corrected chi connectivity index (χ4v) is 1.73. The summed E-state index contributed by atoms with van der Waals surface area (Å²) in [5.74, 6) is -0.790. The van der Waals surface area contributed by atoms with Crippen LogP contribution in [-0.4, -0.2) is 19.6 Å². The molecule has 1 aromatic carbocycles. The summed E-state index contributed by atoms with van der Waals surface area (Å²) in [6, 6.07) is 5.18. The number of hydrogen-bond donors (Lipinski definition) is 1. The summed E-state index contributed by atoms with van der Waals surface area (Å²) in [7, 11) is 1.41. The van der Waals surface area contributed by atoms with Crippen LogP contribution >= 0.6 is 0 Å². The first-order valence-electron chi connectivity index (χ1n) is 5.58. The zero-order chi connectivity index (χ0) is 13.8. The van der Waals surface area contributed by atoms with E-state index < -0.39 is 11.4 Å². The van der Waals surface area contributed by atoms with E-state index in [-0.39, 0.29) is 24.6 Å². The van der Waals surface area contributed by atoms with E-state index in [1.807, 2.05) is 0 Å². The molecule has 0 unspecified atom stereocenters. The molecule has 1 aromatic heterocycles. The van der Waals surface area contributed by atoms with Gasteiger partial charge in [-0.25, -0.2) is 9.18 Å². The molecule has 2 aromatic rings. The van der Waals surface area contributed by atoms with Crippen molar-refractivity contribution in [1.82, 2.24) is 5.32 Å². The number of fused-ring (bicyclic) bond motifs is 1. The molecular weight excluding hydrogens is 253 g/mol. The first-order chi connectivity index (χ1) is 9.10. The Balaban J connectivity index is 2.32. The first-order valence-corrected chi connectivity index (χ1v) is 5.58. The van der Waals surface area contributed by atoms with E-state index in [4.69, 9.17) is 4.42 Å². The average molecular weight is 265 g/mol. The SMILES string of the molecule is COCC(=O)NCc1cc(=O)oc2cc(F)ccc12. The predicted molar refractivity (Wildman–Crippen MR) is 66.2 cm³/mol. The van der Waals surface area contributed by atoms with Crippen LogP contribution in [-0.2, 0) is 16.1 Å². The molecule has 0 radical (unpaired) electrons. The second-order valence-corrected chi connectivity index (χ2v) is 3.94. The standard InChI is InChI=1S/C13H12FNO4/c1-18-7-12(16)15-6-8-4-13(17)19-11-5-9(14)2-3-10(8)11/h2-5H,6-7H2,1H3,(H,15,16). The van der Waals surface area contributed by atoms with Crippen molar-refractivity contribution < 1.29 is 18.3 Å². The van der Waals surface area contributed by atoms with Crippen LogP contribution < -0.4 is 10.9 Å². The molecule has 1 amide bonds. The van der Waals surface area contributed by atoms with Gasteiger partial charge in [0.2, 0.25) is 5.91 Å². The van der Waals surface area contributed by atoms with Crippen LogP contribution in [0.3, 0.4) is 0 Å². The molecule has 1 N–H and O–H groups in total. The highest BCUT2D eigenvalue weighted by molar-refractivity contribution is 5.81. The minimum Gasteiger partial charge on any atom is -0.423 e. The van der Waals surface area contributed by atoms with Crippen molar-refractivity contribution >= 4 is 16.9 Å². The van der Waals surface area contributed by atoms with Gasteiger partial charge in [0, 0.05) is 31.2 Å². The second-order valence-electron chi connectivity index (χ2n) is 3.94. The van der Waals surface area contributed by atoms with E-state index in [0.29, 0.717) is 10.9 Å². The normalized spacial score (nSPS) is 10.6. The van der Waals surface area contributed by atoms with E-state index in [1.54, 1.807) is 0 Å². The van der Waals surface area contributed by atoms with Crippen molar-refractivity contribution in [2.24, 2.45) is 0 Å². The largest absolute Gasteiger partial charge is 0.423 e. The maximum Gasteiger partial charge on any atom is 0.336 e. The smallest absolute Gasteiger partial charge is 0.336 e. The molecule has 0 aliphatic heterocycles. The third-order valence-corrected chi connectivity index (χ3v) is 2.54. The van der Waals surface area contributed by atoms with Crippen LogP contribution in [0.1, 0.15) is 5.56 Å². The van der Waals surface area contributed by atoms with Gasteiger partial charge < -0.3 is 14.5 Å². The van der Waals surface area contributed by atoms with Crippen LogP contribution in [0.15, 0.2) is 33.5 Å². The molecule has 0 spiro atoms. The Labute approximate surface area is 108 Å². The summed E-state index contributed by atoms with van der Waals surface area (Å²) in [4.78, 5) is 22.7. The molecule has 0 atom stereocenters. The number of nitrogens with one attached hydrogen (secondary N) is 1. The molecule has 0 saturated heterocycles. The molecule has 5 nitrogen and oxygen atoms in total. The van der Waals surface area contributed by atoms with Gasteiger partial charge in [0.25, 0.3) is 0 Å². The Morgan fingerprint density at radius 1 is 1.42 bits per heavy atom. The molecule has 100 valence electrons. The van der Waals surface area contributed by atoms with Crippen molar-refractivity contribution in [3.05, 3.63) is 46.1 Å². The summed E-state index contributed by atoms with van der Waals surface area (Å²) >= 11 is 0. The van der Waals surface area contributed by atoms with Crippen LogP contribution in [0, 0.1) is 5.82 Å². The quantitative estimate of drug-likeness (QED) is 0.843. The monoisotopic (exact) mass is 265 g/mol. The van der Waals surface area contributed by atoms with Crippen LogP contribution in [0.4, 0.5) is 4.39 Å². The molecule has 19 heavy (non-hydrogen) atoms. The molecular formula is C13H12FNO4. The molecule has 0 aliphatic rings. The number of rotatable bonds is 4. The summed E-state index contributed by atoms with van der Waals surface area (Å²) in [5.41, 5.74) is 0.133. The third kappa shape index (κ3) is 3.17.